The first kappa shape index (κ1) is 19.7. The number of methoxy groups -OCH3 is 1. The first-order chi connectivity index (χ1) is 14.5. The maximum absolute atomic E-state index is 12.9. The van der Waals surface area contributed by atoms with Crippen molar-refractivity contribution in [2.24, 2.45) is 0 Å². The normalized spacial score (nSPS) is 12.0. The maximum Gasteiger partial charge on any atom is 0.340 e. The van der Waals surface area contributed by atoms with Crippen molar-refractivity contribution in [3.05, 3.63) is 87.5 Å². The number of carbonyl (C=O) groups excluding carboxylic acids is 1. The van der Waals surface area contributed by atoms with Crippen LogP contribution < -0.4 is 10.9 Å². The maximum atomic E-state index is 12.9. The van der Waals surface area contributed by atoms with Crippen molar-refractivity contribution >= 4 is 34.2 Å². The number of nitrogens with one attached hydrogen (secondary N) is 1. The van der Waals surface area contributed by atoms with Gasteiger partial charge in [-0.05, 0) is 31.2 Å². The Bertz CT molecular complexity index is 1260. The number of hydrogen-bond acceptors (Lipinski definition) is 6. The van der Waals surface area contributed by atoms with Crippen LogP contribution in [-0.2, 0) is 4.74 Å². The van der Waals surface area contributed by atoms with E-state index in [1.807, 2.05) is 37.3 Å². The Hall–Kier alpha value is -3.58. The molecule has 0 spiro atoms. The van der Waals surface area contributed by atoms with Crippen LogP contribution in [0.5, 0.6) is 0 Å². The van der Waals surface area contributed by atoms with E-state index in [4.69, 9.17) is 20.8 Å². The smallest absolute Gasteiger partial charge is 0.340 e. The lowest BCUT2D eigenvalue weighted by Gasteiger charge is -2.15. The van der Waals surface area contributed by atoms with Gasteiger partial charge in [-0.15, -0.1) is 0 Å². The molecule has 1 atom stereocenters. The average Bonchev–Trinajstić information content (AvgIpc) is 3.21. The molecule has 0 aliphatic rings. The van der Waals surface area contributed by atoms with Crippen molar-refractivity contribution < 1.29 is 13.9 Å². The zero-order valence-electron chi connectivity index (χ0n) is 16.3. The first-order valence-electron chi connectivity index (χ1n) is 9.20. The zero-order valence-corrected chi connectivity index (χ0v) is 17.0. The molecule has 2 heterocycles. The third-order valence-corrected chi connectivity index (χ3v) is 5.07. The molecule has 0 aliphatic carbocycles. The summed E-state index contributed by atoms with van der Waals surface area (Å²) in [6.45, 7) is 1.89. The Labute approximate surface area is 176 Å². The van der Waals surface area contributed by atoms with Gasteiger partial charge in [0, 0.05) is 5.39 Å². The molecule has 152 valence electrons. The number of nitrogens with zero attached hydrogens (tertiary/aromatic N) is 2. The summed E-state index contributed by atoms with van der Waals surface area (Å²) in [4.78, 5) is 24.9. The molecule has 0 amide bonds. The predicted molar refractivity (Wildman–Crippen MR) is 114 cm³/mol. The fourth-order valence-corrected chi connectivity index (χ4v) is 3.35. The summed E-state index contributed by atoms with van der Waals surface area (Å²) in [7, 11) is 1.27. The molecule has 2 aromatic heterocycles. The largest absolute Gasteiger partial charge is 0.465 e. The molecule has 1 N–H and O–H groups in total. The van der Waals surface area contributed by atoms with E-state index in [2.05, 4.69) is 10.4 Å². The Morgan fingerprint density at radius 3 is 2.70 bits per heavy atom. The number of rotatable bonds is 5. The van der Waals surface area contributed by atoms with Crippen LogP contribution in [0.25, 0.3) is 16.7 Å². The highest BCUT2D eigenvalue weighted by atomic mass is 35.5. The van der Waals surface area contributed by atoms with E-state index in [0.717, 1.165) is 15.7 Å². The van der Waals surface area contributed by atoms with E-state index in [1.54, 1.807) is 24.3 Å². The predicted octanol–water partition coefficient (Wildman–Crippen LogP) is 4.59. The fourth-order valence-electron chi connectivity index (χ4n) is 3.17. The van der Waals surface area contributed by atoms with Crippen LogP contribution in [0.1, 0.15) is 29.1 Å². The molecule has 0 unspecified atom stereocenters. The van der Waals surface area contributed by atoms with Crippen molar-refractivity contribution in [2.75, 3.05) is 12.4 Å². The Kier molecular flexibility index (Phi) is 5.29. The molecular weight excluding hydrogens is 406 g/mol. The quantitative estimate of drug-likeness (QED) is 0.472. The molecule has 30 heavy (non-hydrogen) atoms. The molecule has 4 rings (SSSR count). The summed E-state index contributed by atoms with van der Waals surface area (Å²) in [6, 6.07) is 15.9. The van der Waals surface area contributed by atoms with E-state index < -0.39 is 11.5 Å². The van der Waals surface area contributed by atoms with Gasteiger partial charge in [-0.3, -0.25) is 4.79 Å². The standard InChI is InChI=1S/C22H18ClN3O4/c1-13(19-11-14-7-3-6-10-18(14)30-19)25-16-12-24-26(21(27)20(16)23)17-9-5-4-8-15(17)22(28)29-2/h3-13,25H,1-2H3/t13-/m1/s1. The minimum absolute atomic E-state index is 0.0485. The number of halogens is 1. The van der Waals surface area contributed by atoms with Gasteiger partial charge in [0.15, 0.2) is 0 Å². The minimum atomic E-state index is -0.573. The van der Waals surface area contributed by atoms with Crippen LogP contribution in [0, 0.1) is 0 Å². The molecule has 0 bridgehead atoms. The number of carbonyl (C=O) groups is 1. The fraction of sp³-hybridized carbons (Fsp3) is 0.136. The number of ether oxygens (including phenoxy) is 1. The lowest BCUT2D eigenvalue weighted by atomic mass is 10.2. The average molecular weight is 424 g/mol. The van der Waals surface area contributed by atoms with Crippen molar-refractivity contribution in [2.45, 2.75) is 13.0 Å². The van der Waals surface area contributed by atoms with E-state index in [9.17, 15) is 9.59 Å². The van der Waals surface area contributed by atoms with Crippen molar-refractivity contribution in [3.63, 3.8) is 0 Å². The SMILES string of the molecule is COC(=O)c1ccccc1-n1ncc(N[C@H](C)c2cc3ccccc3o2)c(Cl)c1=O. The molecule has 0 aliphatic heterocycles. The van der Waals surface area contributed by atoms with Crippen LogP contribution in [0.4, 0.5) is 5.69 Å². The second-order valence-electron chi connectivity index (χ2n) is 6.65. The van der Waals surface area contributed by atoms with Gasteiger partial charge in [-0.25, -0.2) is 4.79 Å². The van der Waals surface area contributed by atoms with Crippen LogP contribution >= 0.6 is 11.6 Å². The summed E-state index contributed by atoms with van der Waals surface area (Å²) >= 11 is 6.34. The number of para-hydroxylation sites is 2. The van der Waals surface area contributed by atoms with Gasteiger partial charge in [0.05, 0.1) is 36.3 Å². The summed E-state index contributed by atoms with van der Waals surface area (Å²) < 4.78 is 11.7. The highest BCUT2D eigenvalue weighted by molar-refractivity contribution is 6.33. The summed E-state index contributed by atoms with van der Waals surface area (Å²) in [5.41, 5.74) is 1.08. The van der Waals surface area contributed by atoms with Gasteiger partial charge in [0.1, 0.15) is 16.4 Å². The molecule has 0 saturated heterocycles. The van der Waals surface area contributed by atoms with Gasteiger partial charge >= 0.3 is 5.97 Å². The minimum Gasteiger partial charge on any atom is -0.465 e. The molecule has 7 nitrogen and oxygen atoms in total. The van der Waals surface area contributed by atoms with Crippen molar-refractivity contribution in [3.8, 4) is 5.69 Å². The monoisotopic (exact) mass is 423 g/mol. The molecule has 0 saturated carbocycles. The van der Waals surface area contributed by atoms with Gasteiger partial charge in [0.25, 0.3) is 5.56 Å². The van der Waals surface area contributed by atoms with Gasteiger partial charge in [0.2, 0.25) is 0 Å². The molecule has 0 fully saturated rings. The van der Waals surface area contributed by atoms with E-state index in [1.165, 1.54) is 13.3 Å². The van der Waals surface area contributed by atoms with Gasteiger partial charge in [-0.2, -0.15) is 9.78 Å². The van der Waals surface area contributed by atoms with E-state index in [0.29, 0.717) is 11.4 Å². The number of fused-ring (bicyclic) bond motifs is 1. The Morgan fingerprint density at radius 1 is 1.20 bits per heavy atom. The van der Waals surface area contributed by atoms with E-state index in [-0.39, 0.29) is 22.3 Å². The third kappa shape index (κ3) is 3.55. The summed E-state index contributed by atoms with van der Waals surface area (Å²) in [5, 5.41) is 8.30. The Morgan fingerprint density at radius 2 is 1.93 bits per heavy atom. The number of benzene rings is 2. The van der Waals surface area contributed by atoms with Crippen LogP contribution in [-0.4, -0.2) is 22.9 Å². The second kappa shape index (κ2) is 8.04. The number of hydrogen-bond donors (Lipinski definition) is 1. The second-order valence-corrected chi connectivity index (χ2v) is 7.03. The lowest BCUT2D eigenvalue weighted by Crippen LogP contribution is -2.25. The van der Waals surface area contributed by atoms with Crippen molar-refractivity contribution in [1.29, 1.82) is 0 Å². The Balaban J connectivity index is 1.67. The van der Waals surface area contributed by atoms with E-state index >= 15 is 0 Å². The van der Waals surface area contributed by atoms with Gasteiger partial charge in [-0.1, -0.05) is 41.9 Å². The van der Waals surface area contributed by atoms with Crippen molar-refractivity contribution in [1.82, 2.24) is 9.78 Å². The molecule has 0 radical (unpaired) electrons. The highest BCUT2D eigenvalue weighted by Crippen LogP contribution is 2.28. The molecule has 2 aromatic carbocycles. The highest BCUT2D eigenvalue weighted by Gasteiger charge is 2.19. The molecule has 4 aromatic rings. The number of aromatic nitrogens is 2. The third-order valence-electron chi connectivity index (χ3n) is 4.70. The summed E-state index contributed by atoms with van der Waals surface area (Å²) in [5.74, 6) is 0.128. The topological polar surface area (TPSA) is 86.4 Å². The number of anilines is 1. The zero-order chi connectivity index (χ0) is 21.3. The number of furan rings is 1. The van der Waals surface area contributed by atoms with Crippen LogP contribution in [0.15, 0.2) is 70.0 Å². The first-order valence-corrected chi connectivity index (χ1v) is 9.58. The van der Waals surface area contributed by atoms with Crippen LogP contribution in [0.2, 0.25) is 5.02 Å². The number of esters is 1. The molecule has 8 heteroatoms. The van der Waals surface area contributed by atoms with Gasteiger partial charge < -0.3 is 14.5 Å². The molecular formula is C22H18ClN3O4. The summed E-state index contributed by atoms with van der Waals surface area (Å²) in [6.07, 6.45) is 1.44. The van der Waals surface area contributed by atoms with Crippen LogP contribution in [0.3, 0.4) is 0 Å². The lowest BCUT2D eigenvalue weighted by molar-refractivity contribution is 0.0600.